The number of aromatic amines is 1. The minimum absolute atomic E-state index is 0.141. The number of nitrogens with one attached hydrogen (secondary N) is 2. The first kappa shape index (κ1) is 21.7. The highest BCUT2D eigenvalue weighted by molar-refractivity contribution is 6.31. The number of fused-ring (bicyclic) bond motifs is 1. The SMILES string of the molecule is Cc1cc2cc(CN(Cc3ccccc3Cl)C(=O)Nc3ccccc3)c(=O)[nH]c2cc1C. The molecule has 0 radical (unpaired) electrons. The van der Waals surface area contributed by atoms with E-state index in [0.29, 0.717) is 16.3 Å². The van der Waals surface area contributed by atoms with Crippen molar-refractivity contribution in [3.63, 3.8) is 0 Å². The molecule has 0 aliphatic heterocycles. The smallest absolute Gasteiger partial charge is 0.322 e. The first-order valence-electron chi connectivity index (χ1n) is 10.4. The zero-order valence-corrected chi connectivity index (χ0v) is 18.7. The number of carbonyl (C=O) groups is 1. The maximum absolute atomic E-state index is 13.2. The predicted molar refractivity (Wildman–Crippen MR) is 130 cm³/mol. The molecule has 5 nitrogen and oxygen atoms in total. The van der Waals surface area contributed by atoms with E-state index in [0.717, 1.165) is 27.6 Å². The van der Waals surface area contributed by atoms with E-state index in [1.54, 1.807) is 11.0 Å². The standard InChI is InChI=1S/C26H24ClN3O2/c1-17-12-20-14-21(25(31)29-24(20)13-18(17)2)16-30(15-19-8-6-7-11-23(19)27)26(32)28-22-9-4-3-5-10-22/h3-14H,15-16H2,1-2H3,(H,28,32)(H,29,31). The molecule has 162 valence electrons. The van der Waals surface area contributed by atoms with Crippen LogP contribution in [0.5, 0.6) is 0 Å². The topological polar surface area (TPSA) is 65.2 Å². The summed E-state index contributed by atoms with van der Waals surface area (Å²) >= 11 is 6.35. The van der Waals surface area contributed by atoms with Crippen molar-refractivity contribution in [1.82, 2.24) is 9.88 Å². The lowest BCUT2D eigenvalue weighted by atomic mass is 10.0. The molecule has 0 unspecified atom stereocenters. The average molecular weight is 446 g/mol. The molecule has 1 heterocycles. The number of carbonyl (C=O) groups excluding carboxylic acids is 1. The van der Waals surface area contributed by atoms with Gasteiger partial charge in [-0.25, -0.2) is 4.79 Å². The number of rotatable bonds is 5. The highest BCUT2D eigenvalue weighted by Gasteiger charge is 2.18. The van der Waals surface area contributed by atoms with E-state index < -0.39 is 0 Å². The van der Waals surface area contributed by atoms with Gasteiger partial charge in [-0.3, -0.25) is 4.79 Å². The Balaban J connectivity index is 1.68. The van der Waals surface area contributed by atoms with Gasteiger partial charge in [0.25, 0.3) is 5.56 Å². The molecule has 0 aliphatic rings. The molecule has 0 saturated carbocycles. The van der Waals surface area contributed by atoms with Crippen LogP contribution in [-0.4, -0.2) is 15.9 Å². The molecule has 0 aliphatic carbocycles. The number of benzene rings is 3. The van der Waals surface area contributed by atoms with E-state index in [4.69, 9.17) is 11.6 Å². The van der Waals surface area contributed by atoms with Crippen molar-refractivity contribution in [2.24, 2.45) is 0 Å². The van der Waals surface area contributed by atoms with E-state index in [1.165, 1.54) is 0 Å². The number of pyridine rings is 1. The molecule has 4 rings (SSSR count). The average Bonchev–Trinajstić information content (AvgIpc) is 2.77. The Bertz CT molecular complexity index is 1330. The quantitative estimate of drug-likeness (QED) is 0.393. The molecule has 0 fully saturated rings. The third kappa shape index (κ3) is 4.84. The molecular weight excluding hydrogens is 422 g/mol. The number of aromatic nitrogens is 1. The summed E-state index contributed by atoms with van der Waals surface area (Å²) in [6.07, 6.45) is 0. The number of hydrogen-bond donors (Lipinski definition) is 2. The summed E-state index contributed by atoms with van der Waals surface area (Å²) in [5, 5.41) is 4.41. The summed E-state index contributed by atoms with van der Waals surface area (Å²) in [7, 11) is 0. The van der Waals surface area contributed by atoms with Crippen LogP contribution in [0.4, 0.5) is 10.5 Å². The summed E-state index contributed by atoms with van der Waals surface area (Å²) < 4.78 is 0. The Kier molecular flexibility index (Phi) is 6.28. The van der Waals surface area contributed by atoms with E-state index in [-0.39, 0.29) is 24.7 Å². The molecular formula is C26H24ClN3O2. The number of H-pyrrole nitrogens is 1. The summed E-state index contributed by atoms with van der Waals surface area (Å²) in [5.74, 6) is 0. The van der Waals surface area contributed by atoms with Gasteiger partial charge >= 0.3 is 6.03 Å². The summed E-state index contributed by atoms with van der Waals surface area (Å²) in [6.45, 7) is 4.46. The lowest BCUT2D eigenvalue weighted by Gasteiger charge is -2.24. The van der Waals surface area contributed by atoms with Gasteiger partial charge in [0.15, 0.2) is 0 Å². The fourth-order valence-corrected chi connectivity index (χ4v) is 3.80. The molecule has 3 aromatic carbocycles. The third-order valence-corrected chi connectivity index (χ3v) is 5.90. The fourth-order valence-electron chi connectivity index (χ4n) is 3.60. The van der Waals surface area contributed by atoms with Crippen LogP contribution in [0.1, 0.15) is 22.3 Å². The molecule has 2 amide bonds. The van der Waals surface area contributed by atoms with E-state index >= 15 is 0 Å². The van der Waals surface area contributed by atoms with Gasteiger partial charge in [-0.15, -0.1) is 0 Å². The molecule has 1 aromatic heterocycles. The van der Waals surface area contributed by atoms with Crippen molar-refractivity contribution >= 4 is 34.2 Å². The van der Waals surface area contributed by atoms with Crippen molar-refractivity contribution in [3.05, 3.63) is 110 Å². The number of nitrogens with zero attached hydrogens (tertiary/aromatic N) is 1. The number of anilines is 1. The minimum atomic E-state index is -0.310. The van der Waals surface area contributed by atoms with Crippen LogP contribution >= 0.6 is 11.6 Å². The second-order valence-electron chi connectivity index (χ2n) is 7.89. The van der Waals surface area contributed by atoms with Gasteiger partial charge in [0.05, 0.1) is 6.54 Å². The number of para-hydroxylation sites is 1. The maximum Gasteiger partial charge on any atom is 0.322 e. The van der Waals surface area contributed by atoms with Crippen LogP contribution in [0.2, 0.25) is 5.02 Å². The maximum atomic E-state index is 13.2. The summed E-state index contributed by atoms with van der Waals surface area (Å²) in [5.41, 5.74) is 4.83. The molecule has 0 spiro atoms. The van der Waals surface area contributed by atoms with Crippen LogP contribution in [0.3, 0.4) is 0 Å². The molecule has 2 N–H and O–H groups in total. The van der Waals surface area contributed by atoms with E-state index in [9.17, 15) is 9.59 Å². The highest BCUT2D eigenvalue weighted by atomic mass is 35.5. The molecule has 0 saturated heterocycles. The monoisotopic (exact) mass is 445 g/mol. The van der Waals surface area contributed by atoms with Gasteiger partial charge in [-0.2, -0.15) is 0 Å². The van der Waals surface area contributed by atoms with Gasteiger partial charge in [0.1, 0.15) is 0 Å². The van der Waals surface area contributed by atoms with E-state index in [2.05, 4.69) is 10.3 Å². The van der Waals surface area contributed by atoms with Gasteiger partial charge in [-0.05, 0) is 72.3 Å². The van der Waals surface area contributed by atoms with Crippen molar-refractivity contribution in [2.75, 3.05) is 5.32 Å². The van der Waals surface area contributed by atoms with Gasteiger partial charge in [0, 0.05) is 28.3 Å². The van der Waals surface area contributed by atoms with Crippen molar-refractivity contribution in [1.29, 1.82) is 0 Å². The second kappa shape index (κ2) is 9.28. The Morgan fingerprint density at radius 2 is 1.56 bits per heavy atom. The Labute approximate surface area is 191 Å². The minimum Gasteiger partial charge on any atom is -0.322 e. The first-order valence-corrected chi connectivity index (χ1v) is 10.8. The van der Waals surface area contributed by atoms with Crippen LogP contribution in [0.25, 0.3) is 10.9 Å². The number of urea groups is 1. The summed E-state index contributed by atoms with van der Waals surface area (Å²) in [4.78, 5) is 30.5. The van der Waals surface area contributed by atoms with Crippen LogP contribution in [0.15, 0.2) is 77.6 Å². The van der Waals surface area contributed by atoms with E-state index in [1.807, 2.05) is 80.6 Å². The number of halogens is 1. The molecule has 4 aromatic rings. The Hall–Kier alpha value is -3.57. The molecule has 0 bridgehead atoms. The zero-order valence-electron chi connectivity index (χ0n) is 18.0. The van der Waals surface area contributed by atoms with Crippen molar-refractivity contribution in [3.8, 4) is 0 Å². The van der Waals surface area contributed by atoms with Crippen LogP contribution < -0.4 is 10.9 Å². The highest BCUT2D eigenvalue weighted by Crippen LogP contribution is 2.21. The molecule has 6 heteroatoms. The second-order valence-corrected chi connectivity index (χ2v) is 8.30. The lowest BCUT2D eigenvalue weighted by Crippen LogP contribution is -2.35. The normalized spacial score (nSPS) is 10.8. The Morgan fingerprint density at radius 3 is 2.31 bits per heavy atom. The lowest BCUT2D eigenvalue weighted by molar-refractivity contribution is 0.206. The Morgan fingerprint density at radius 1 is 0.906 bits per heavy atom. The van der Waals surface area contributed by atoms with Gasteiger partial charge in [-0.1, -0.05) is 48.0 Å². The zero-order chi connectivity index (χ0) is 22.7. The third-order valence-electron chi connectivity index (χ3n) is 5.53. The number of amides is 2. The van der Waals surface area contributed by atoms with Crippen LogP contribution in [0, 0.1) is 13.8 Å². The largest absolute Gasteiger partial charge is 0.322 e. The van der Waals surface area contributed by atoms with Crippen LogP contribution in [-0.2, 0) is 13.1 Å². The number of aryl methyl sites for hydroxylation is 2. The molecule has 0 atom stereocenters. The predicted octanol–water partition coefficient (Wildman–Crippen LogP) is 6.03. The molecule has 32 heavy (non-hydrogen) atoms. The van der Waals surface area contributed by atoms with Crippen molar-refractivity contribution < 1.29 is 4.79 Å². The van der Waals surface area contributed by atoms with Gasteiger partial charge < -0.3 is 15.2 Å². The van der Waals surface area contributed by atoms with Crippen molar-refractivity contribution in [2.45, 2.75) is 26.9 Å². The summed E-state index contributed by atoms with van der Waals surface area (Å²) in [6, 6.07) is 22.2. The fraction of sp³-hybridized carbons (Fsp3) is 0.154. The number of hydrogen-bond acceptors (Lipinski definition) is 2. The van der Waals surface area contributed by atoms with Gasteiger partial charge in [0.2, 0.25) is 0 Å². The first-order chi connectivity index (χ1) is 15.4.